The van der Waals surface area contributed by atoms with Gasteiger partial charge in [0.25, 0.3) is 5.91 Å². The van der Waals surface area contributed by atoms with Crippen LogP contribution < -0.4 is 0 Å². The molecule has 1 amide bonds. The van der Waals surface area contributed by atoms with Crippen LogP contribution in [0.4, 0.5) is 0 Å². The molecule has 0 saturated carbocycles. The normalized spacial score (nSPS) is 18.8. The van der Waals surface area contributed by atoms with E-state index in [0.29, 0.717) is 31.8 Å². The molecule has 0 radical (unpaired) electrons. The molecule has 0 aliphatic carbocycles. The Hall–Kier alpha value is -1.92. The number of nitrogens with zero attached hydrogens (tertiary/aromatic N) is 3. The van der Waals surface area contributed by atoms with Crippen LogP contribution in [0.2, 0.25) is 0 Å². The molecule has 2 N–H and O–H groups in total. The molecule has 1 atom stereocenters. The van der Waals surface area contributed by atoms with Gasteiger partial charge in [-0.05, 0) is 18.8 Å². The molecule has 1 aliphatic heterocycles. The summed E-state index contributed by atoms with van der Waals surface area (Å²) in [6, 6.07) is 0. The second-order valence-corrected chi connectivity index (χ2v) is 4.80. The van der Waals surface area contributed by atoms with Gasteiger partial charge in [-0.2, -0.15) is 0 Å². The molecule has 1 aromatic heterocycles. The number of likely N-dealkylation sites (tertiary alicyclic amines) is 1. The second-order valence-electron chi connectivity index (χ2n) is 4.80. The fourth-order valence-corrected chi connectivity index (χ4v) is 2.27. The molecule has 1 aliphatic rings. The van der Waals surface area contributed by atoms with Crippen molar-refractivity contribution in [1.29, 1.82) is 0 Å². The zero-order valence-corrected chi connectivity index (χ0v) is 10.9. The first-order chi connectivity index (χ1) is 9.10. The fraction of sp³-hybridized carbons (Fsp3) is 0.667. The van der Waals surface area contributed by atoms with E-state index in [2.05, 4.69) is 15.2 Å². The largest absolute Gasteiger partial charge is 0.481 e. The second kappa shape index (κ2) is 5.81. The number of carbonyl (C=O) groups is 2. The molecular formula is C12H18N4O3. The minimum absolute atomic E-state index is 0.160. The van der Waals surface area contributed by atoms with Gasteiger partial charge in [0.05, 0.1) is 0 Å². The van der Waals surface area contributed by atoms with E-state index < -0.39 is 5.97 Å². The number of rotatable bonds is 5. The Kier molecular flexibility index (Phi) is 4.13. The van der Waals surface area contributed by atoms with Gasteiger partial charge in [0.1, 0.15) is 5.82 Å². The van der Waals surface area contributed by atoms with E-state index in [1.165, 1.54) is 0 Å². The summed E-state index contributed by atoms with van der Waals surface area (Å²) >= 11 is 0. The van der Waals surface area contributed by atoms with Crippen LogP contribution in [0, 0.1) is 5.92 Å². The van der Waals surface area contributed by atoms with Crippen LogP contribution in [0.15, 0.2) is 0 Å². The zero-order valence-electron chi connectivity index (χ0n) is 10.9. The van der Waals surface area contributed by atoms with Crippen molar-refractivity contribution < 1.29 is 14.7 Å². The van der Waals surface area contributed by atoms with Crippen molar-refractivity contribution in [2.75, 3.05) is 13.1 Å². The van der Waals surface area contributed by atoms with Gasteiger partial charge in [-0.3, -0.25) is 14.7 Å². The average Bonchev–Trinajstić information content (AvgIpc) is 3.04. The topological polar surface area (TPSA) is 99.2 Å². The molecule has 2 rings (SSSR count). The number of H-pyrrole nitrogens is 1. The van der Waals surface area contributed by atoms with Crippen molar-refractivity contribution in [1.82, 2.24) is 20.1 Å². The molecule has 7 heteroatoms. The minimum atomic E-state index is -0.786. The minimum Gasteiger partial charge on any atom is -0.481 e. The van der Waals surface area contributed by atoms with Gasteiger partial charge in [-0.25, -0.2) is 4.98 Å². The molecule has 1 saturated heterocycles. The zero-order chi connectivity index (χ0) is 13.8. The Morgan fingerprint density at radius 3 is 2.95 bits per heavy atom. The lowest BCUT2D eigenvalue weighted by Gasteiger charge is -2.14. The third kappa shape index (κ3) is 3.30. The SMILES string of the molecule is CCc1nc(C(=O)N2CCC(CCC(=O)O)C2)n[nH]1. The van der Waals surface area contributed by atoms with E-state index in [4.69, 9.17) is 5.11 Å². The van der Waals surface area contributed by atoms with Crippen molar-refractivity contribution in [2.45, 2.75) is 32.6 Å². The molecule has 2 heterocycles. The van der Waals surface area contributed by atoms with Crippen LogP contribution in [-0.2, 0) is 11.2 Å². The summed E-state index contributed by atoms with van der Waals surface area (Å²) in [5.74, 6) is 0.213. The number of aromatic amines is 1. The molecule has 1 unspecified atom stereocenters. The van der Waals surface area contributed by atoms with Crippen LogP contribution >= 0.6 is 0 Å². The highest BCUT2D eigenvalue weighted by Gasteiger charge is 2.29. The number of hydrogen-bond acceptors (Lipinski definition) is 4. The Morgan fingerprint density at radius 1 is 1.53 bits per heavy atom. The highest BCUT2D eigenvalue weighted by atomic mass is 16.4. The van der Waals surface area contributed by atoms with Crippen LogP contribution in [0.25, 0.3) is 0 Å². The maximum absolute atomic E-state index is 12.1. The molecule has 104 valence electrons. The lowest BCUT2D eigenvalue weighted by Crippen LogP contribution is -2.29. The maximum atomic E-state index is 12.1. The van der Waals surface area contributed by atoms with E-state index in [0.717, 1.165) is 6.42 Å². The van der Waals surface area contributed by atoms with Crippen molar-refractivity contribution in [3.05, 3.63) is 11.6 Å². The summed E-state index contributed by atoms with van der Waals surface area (Å²) in [4.78, 5) is 28.5. The summed E-state index contributed by atoms with van der Waals surface area (Å²) < 4.78 is 0. The molecule has 1 aromatic rings. The van der Waals surface area contributed by atoms with E-state index in [1.807, 2.05) is 6.92 Å². The van der Waals surface area contributed by atoms with Gasteiger partial charge in [0, 0.05) is 25.9 Å². The van der Waals surface area contributed by atoms with Gasteiger partial charge in [-0.15, -0.1) is 5.10 Å². The Balaban J connectivity index is 1.89. The van der Waals surface area contributed by atoms with Gasteiger partial charge in [0.2, 0.25) is 5.82 Å². The number of carbonyl (C=O) groups excluding carboxylic acids is 1. The predicted octanol–water partition coefficient (Wildman–Crippen LogP) is 0.694. The van der Waals surface area contributed by atoms with E-state index in [1.54, 1.807) is 4.90 Å². The van der Waals surface area contributed by atoms with E-state index in [-0.39, 0.29) is 24.1 Å². The van der Waals surface area contributed by atoms with Gasteiger partial charge < -0.3 is 10.0 Å². The lowest BCUT2D eigenvalue weighted by molar-refractivity contribution is -0.137. The average molecular weight is 266 g/mol. The first-order valence-electron chi connectivity index (χ1n) is 6.52. The Labute approximate surface area is 111 Å². The molecular weight excluding hydrogens is 248 g/mol. The van der Waals surface area contributed by atoms with E-state index in [9.17, 15) is 9.59 Å². The Bertz CT molecular complexity index is 471. The smallest absolute Gasteiger partial charge is 0.303 e. The van der Waals surface area contributed by atoms with Crippen molar-refractivity contribution in [2.24, 2.45) is 5.92 Å². The summed E-state index contributed by atoms with van der Waals surface area (Å²) in [7, 11) is 0. The standard InChI is InChI=1S/C12H18N4O3/c1-2-9-13-11(15-14-9)12(19)16-6-5-8(7-16)3-4-10(17)18/h8H,2-7H2,1H3,(H,17,18)(H,13,14,15). The quantitative estimate of drug-likeness (QED) is 0.817. The fourth-order valence-electron chi connectivity index (χ4n) is 2.27. The van der Waals surface area contributed by atoms with Crippen molar-refractivity contribution in [3.8, 4) is 0 Å². The molecule has 0 spiro atoms. The highest BCUT2D eigenvalue weighted by Crippen LogP contribution is 2.22. The first-order valence-corrected chi connectivity index (χ1v) is 6.52. The summed E-state index contributed by atoms with van der Waals surface area (Å²) in [6.45, 7) is 3.19. The molecule has 19 heavy (non-hydrogen) atoms. The van der Waals surface area contributed by atoms with Gasteiger partial charge in [0.15, 0.2) is 0 Å². The number of aromatic nitrogens is 3. The number of hydrogen-bond donors (Lipinski definition) is 2. The number of carboxylic acid groups (broad SMARTS) is 1. The summed E-state index contributed by atoms with van der Waals surface area (Å²) in [5.41, 5.74) is 0. The van der Waals surface area contributed by atoms with Crippen LogP contribution in [0.1, 0.15) is 42.6 Å². The third-order valence-corrected chi connectivity index (χ3v) is 3.40. The lowest BCUT2D eigenvalue weighted by atomic mass is 10.0. The maximum Gasteiger partial charge on any atom is 0.303 e. The number of nitrogens with one attached hydrogen (secondary N) is 1. The number of aryl methyl sites for hydroxylation is 1. The summed E-state index contributed by atoms with van der Waals surface area (Å²) in [5, 5.41) is 15.3. The number of aliphatic carboxylic acids is 1. The molecule has 0 bridgehead atoms. The third-order valence-electron chi connectivity index (χ3n) is 3.40. The highest BCUT2D eigenvalue weighted by molar-refractivity contribution is 5.90. The molecule has 1 fully saturated rings. The predicted molar refractivity (Wildman–Crippen MR) is 66.6 cm³/mol. The molecule has 0 aromatic carbocycles. The monoisotopic (exact) mass is 266 g/mol. The van der Waals surface area contributed by atoms with Gasteiger partial charge in [-0.1, -0.05) is 6.92 Å². The Morgan fingerprint density at radius 2 is 2.32 bits per heavy atom. The van der Waals surface area contributed by atoms with Gasteiger partial charge >= 0.3 is 5.97 Å². The molecule has 7 nitrogen and oxygen atoms in total. The van der Waals surface area contributed by atoms with E-state index >= 15 is 0 Å². The van der Waals surface area contributed by atoms with Crippen molar-refractivity contribution in [3.63, 3.8) is 0 Å². The number of amides is 1. The van der Waals surface area contributed by atoms with Crippen molar-refractivity contribution >= 4 is 11.9 Å². The number of carboxylic acids is 1. The first kappa shape index (κ1) is 13.5. The van der Waals surface area contributed by atoms with Crippen LogP contribution in [-0.4, -0.2) is 50.2 Å². The van der Waals surface area contributed by atoms with Crippen LogP contribution in [0.5, 0.6) is 0 Å². The summed E-state index contributed by atoms with van der Waals surface area (Å²) in [6.07, 6.45) is 2.34. The van der Waals surface area contributed by atoms with Crippen LogP contribution in [0.3, 0.4) is 0 Å².